The van der Waals surface area contributed by atoms with Gasteiger partial charge < -0.3 is 4.90 Å². The van der Waals surface area contributed by atoms with Gasteiger partial charge >= 0.3 is 0 Å². The molecule has 0 N–H and O–H groups in total. The molecule has 2 aliphatic heterocycles. The van der Waals surface area contributed by atoms with Crippen molar-refractivity contribution < 1.29 is 9.59 Å². The molecule has 2 amide bonds. The lowest BCUT2D eigenvalue weighted by Crippen LogP contribution is -2.30. The average Bonchev–Trinajstić information content (AvgIpc) is 3.01. The van der Waals surface area contributed by atoms with Crippen molar-refractivity contribution in [3.63, 3.8) is 0 Å². The monoisotopic (exact) mass is 360 g/mol. The molecular weight excluding hydrogens is 340 g/mol. The number of hydrogen-bond donors (Lipinski definition) is 0. The van der Waals surface area contributed by atoms with Crippen LogP contribution >= 0.6 is 24.0 Å². The van der Waals surface area contributed by atoms with Crippen LogP contribution in [0.25, 0.3) is 5.57 Å². The Morgan fingerprint density at radius 3 is 2.46 bits per heavy atom. The lowest BCUT2D eigenvalue weighted by Gasteiger charge is -2.15. The molecular formula is C18H20N2O2S2. The molecule has 0 unspecified atom stereocenters. The number of anilines is 1. The third kappa shape index (κ3) is 2.78. The van der Waals surface area contributed by atoms with E-state index in [4.69, 9.17) is 12.2 Å². The molecule has 0 spiro atoms. The number of nitrogens with zero attached hydrogens (tertiary/aromatic N) is 2. The molecule has 0 radical (unpaired) electrons. The molecule has 3 rings (SSSR count). The Balaban J connectivity index is 2.05. The summed E-state index contributed by atoms with van der Waals surface area (Å²) < 4.78 is 0.551. The zero-order valence-electron chi connectivity index (χ0n) is 13.9. The van der Waals surface area contributed by atoms with Crippen molar-refractivity contribution in [2.24, 2.45) is 0 Å². The summed E-state index contributed by atoms with van der Waals surface area (Å²) in [6.45, 7) is 5.38. The fourth-order valence-corrected chi connectivity index (χ4v) is 4.38. The van der Waals surface area contributed by atoms with E-state index in [9.17, 15) is 9.59 Å². The second-order valence-electron chi connectivity index (χ2n) is 5.86. The quantitative estimate of drug-likeness (QED) is 0.591. The normalized spacial score (nSPS) is 20.3. The molecule has 0 aromatic heterocycles. The topological polar surface area (TPSA) is 40.6 Å². The van der Waals surface area contributed by atoms with Gasteiger partial charge in [0.25, 0.3) is 11.8 Å². The Morgan fingerprint density at radius 2 is 1.75 bits per heavy atom. The standard InChI is InChI=1S/C18H20N2O2S2/c1-3-5-11-20-17(22)15(24-18(20)23)14-12-8-6-7-9-13(12)19(10-4-2)16(14)21/h6-9H,3-5,10-11H2,1-2H3. The summed E-state index contributed by atoms with van der Waals surface area (Å²) >= 11 is 6.63. The highest BCUT2D eigenvalue weighted by Crippen LogP contribution is 2.44. The third-order valence-electron chi connectivity index (χ3n) is 4.18. The van der Waals surface area contributed by atoms with Crippen molar-refractivity contribution >= 4 is 51.4 Å². The molecule has 2 heterocycles. The minimum Gasteiger partial charge on any atom is -0.308 e. The number of fused-ring (bicyclic) bond motifs is 1. The number of carbonyl (C=O) groups is 2. The van der Waals surface area contributed by atoms with Crippen LogP contribution in [0, 0.1) is 0 Å². The SMILES string of the molecule is CCCCN1C(=O)C(=C2C(=O)N(CCC)c3ccccc32)SC1=S. The van der Waals surface area contributed by atoms with Gasteiger partial charge in [0.2, 0.25) is 0 Å². The van der Waals surface area contributed by atoms with Crippen LogP contribution in [0.5, 0.6) is 0 Å². The summed E-state index contributed by atoms with van der Waals surface area (Å²) in [5.74, 6) is -0.219. The molecule has 126 valence electrons. The maximum Gasteiger partial charge on any atom is 0.267 e. The van der Waals surface area contributed by atoms with Crippen LogP contribution in [0.2, 0.25) is 0 Å². The second kappa shape index (κ2) is 7.07. The van der Waals surface area contributed by atoms with Gasteiger partial charge in [-0.1, -0.05) is 62.4 Å². The number of benzene rings is 1. The number of rotatable bonds is 5. The first-order valence-electron chi connectivity index (χ1n) is 8.29. The molecule has 2 aliphatic rings. The van der Waals surface area contributed by atoms with Gasteiger partial charge in [0, 0.05) is 18.7 Å². The highest BCUT2D eigenvalue weighted by atomic mass is 32.2. The molecule has 1 fully saturated rings. The van der Waals surface area contributed by atoms with Crippen molar-refractivity contribution in [3.05, 3.63) is 34.7 Å². The fraction of sp³-hybridized carbons (Fsp3) is 0.389. The van der Waals surface area contributed by atoms with Gasteiger partial charge in [0.05, 0.1) is 16.2 Å². The highest BCUT2D eigenvalue weighted by molar-refractivity contribution is 8.26. The molecule has 0 saturated carbocycles. The largest absolute Gasteiger partial charge is 0.308 e. The molecule has 0 atom stereocenters. The number of para-hydroxylation sites is 1. The first-order chi connectivity index (χ1) is 11.6. The number of carbonyl (C=O) groups excluding carboxylic acids is 2. The molecule has 1 aromatic carbocycles. The van der Waals surface area contributed by atoms with Crippen LogP contribution in [-0.4, -0.2) is 34.1 Å². The third-order valence-corrected chi connectivity index (χ3v) is 5.63. The molecule has 1 aromatic rings. The summed E-state index contributed by atoms with van der Waals surface area (Å²) in [6.07, 6.45) is 2.77. The maximum atomic E-state index is 13.0. The van der Waals surface area contributed by atoms with Crippen LogP contribution in [0.15, 0.2) is 29.2 Å². The van der Waals surface area contributed by atoms with Crippen LogP contribution in [0.1, 0.15) is 38.7 Å². The van der Waals surface area contributed by atoms with Crippen LogP contribution in [-0.2, 0) is 9.59 Å². The first-order valence-corrected chi connectivity index (χ1v) is 9.51. The zero-order valence-corrected chi connectivity index (χ0v) is 15.5. The van der Waals surface area contributed by atoms with Gasteiger partial charge in [0.15, 0.2) is 0 Å². The van der Waals surface area contributed by atoms with E-state index >= 15 is 0 Å². The number of thioether (sulfide) groups is 1. The van der Waals surface area contributed by atoms with Crippen LogP contribution < -0.4 is 4.90 Å². The Kier molecular flexibility index (Phi) is 5.06. The molecule has 0 aliphatic carbocycles. The van der Waals surface area contributed by atoms with Gasteiger partial charge in [-0.05, 0) is 18.9 Å². The Labute approximate surface area is 151 Å². The summed E-state index contributed by atoms with van der Waals surface area (Å²) in [6, 6.07) is 7.67. The van der Waals surface area contributed by atoms with Gasteiger partial charge in [-0.3, -0.25) is 14.5 Å². The molecule has 0 bridgehead atoms. The average molecular weight is 361 g/mol. The van der Waals surface area contributed by atoms with E-state index in [2.05, 4.69) is 6.92 Å². The predicted molar refractivity (Wildman–Crippen MR) is 103 cm³/mol. The second-order valence-corrected chi connectivity index (χ2v) is 7.50. The van der Waals surface area contributed by atoms with Crippen molar-refractivity contribution in [1.29, 1.82) is 0 Å². The molecule has 24 heavy (non-hydrogen) atoms. The van der Waals surface area contributed by atoms with Crippen molar-refractivity contribution in [2.45, 2.75) is 33.1 Å². The lowest BCUT2D eigenvalue weighted by molar-refractivity contribution is -0.122. The minimum absolute atomic E-state index is 0.0889. The Bertz CT molecular complexity index is 742. The maximum absolute atomic E-state index is 13.0. The van der Waals surface area contributed by atoms with E-state index in [1.54, 1.807) is 9.80 Å². The van der Waals surface area contributed by atoms with E-state index < -0.39 is 0 Å². The number of unbranched alkanes of at least 4 members (excludes halogenated alkanes) is 1. The number of thiocarbonyl (C=S) groups is 1. The van der Waals surface area contributed by atoms with Crippen molar-refractivity contribution in [3.8, 4) is 0 Å². The van der Waals surface area contributed by atoms with Gasteiger partial charge in [0.1, 0.15) is 4.32 Å². The van der Waals surface area contributed by atoms with E-state index in [-0.39, 0.29) is 11.8 Å². The fourth-order valence-electron chi connectivity index (χ4n) is 3.00. The van der Waals surface area contributed by atoms with Gasteiger partial charge in [-0.25, -0.2) is 0 Å². The minimum atomic E-state index is -0.130. The van der Waals surface area contributed by atoms with Crippen molar-refractivity contribution in [2.75, 3.05) is 18.0 Å². The van der Waals surface area contributed by atoms with E-state index in [0.29, 0.717) is 27.9 Å². The molecule has 1 saturated heterocycles. The summed E-state index contributed by atoms with van der Waals surface area (Å²) in [7, 11) is 0. The molecule has 4 nitrogen and oxygen atoms in total. The van der Waals surface area contributed by atoms with Gasteiger partial charge in [-0.2, -0.15) is 0 Å². The molecule has 6 heteroatoms. The summed E-state index contributed by atoms with van der Waals surface area (Å²) in [5.41, 5.74) is 2.24. The highest BCUT2D eigenvalue weighted by Gasteiger charge is 2.41. The van der Waals surface area contributed by atoms with Crippen molar-refractivity contribution in [1.82, 2.24) is 4.90 Å². The number of amides is 2. The predicted octanol–water partition coefficient (Wildman–Crippen LogP) is 3.81. The zero-order chi connectivity index (χ0) is 17.3. The summed E-state index contributed by atoms with van der Waals surface area (Å²) in [4.78, 5) is 29.6. The lowest BCUT2D eigenvalue weighted by atomic mass is 10.1. The van der Waals surface area contributed by atoms with Crippen LogP contribution in [0.4, 0.5) is 5.69 Å². The Hall–Kier alpha value is -1.66. The van der Waals surface area contributed by atoms with E-state index in [1.165, 1.54) is 11.8 Å². The smallest absolute Gasteiger partial charge is 0.267 e. The van der Waals surface area contributed by atoms with Gasteiger partial charge in [-0.15, -0.1) is 0 Å². The van der Waals surface area contributed by atoms with E-state index in [1.807, 2.05) is 31.2 Å². The first kappa shape index (κ1) is 17.2. The van der Waals surface area contributed by atoms with Crippen LogP contribution in [0.3, 0.4) is 0 Å². The Morgan fingerprint density at radius 1 is 1.00 bits per heavy atom. The summed E-state index contributed by atoms with van der Waals surface area (Å²) in [5, 5.41) is 0. The number of hydrogen-bond acceptors (Lipinski definition) is 4. The van der Waals surface area contributed by atoms with E-state index in [0.717, 1.165) is 30.5 Å².